The Hall–Kier alpha value is -4.16. The number of carbonyl (C=O) groups is 2. The van der Waals surface area contributed by atoms with Gasteiger partial charge in [-0.2, -0.15) is 0 Å². The summed E-state index contributed by atoms with van der Waals surface area (Å²) in [5, 5.41) is 26.9. The standard InChI is InChI=1S/C16H14BN4O8/c1-9(22)18-13-5-3-11(7-15(13)20(24)25)28-17-29-12-4-6-14(19-10(2)23)16(8-12)21(26)27/h3-8H,1-2H3,(H,18,22)(H,19,23). The molecule has 0 saturated carbocycles. The van der Waals surface area contributed by atoms with Crippen molar-refractivity contribution in [3.05, 3.63) is 56.6 Å². The van der Waals surface area contributed by atoms with Crippen LogP contribution in [0.25, 0.3) is 0 Å². The monoisotopic (exact) mass is 401 g/mol. The molecule has 2 aromatic carbocycles. The number of anilines is 2. The summed E-state index contributed by atoms with van der Waals surface area (Å²) >= 11 is 0. The average Bonchev–Trinajstić information content (AvgIpc) is 2.62. The summed E-state index contributed by atoms with van der Waals surface area (Å²) in [4.78, 5) is 43.1. The van der Waals surface area contributed by atoms with Crippen LogP contribution in [0.5, 0.6) is 11.5 Å². The molecule has 13 heteroatoms. The predicted molar refractivity (Wildman–Crippen MR) is 102 cm³/mol. The van der Waals surface area contributed by atoms with E-state index in [0.717, 1.165) is 19.8 Å². The van der Waals surface area contributed by atoms with Gasteiger partial charge in [0.2, 0.25) is 11.8 Å². The van der Waals surface area contributed by atoms with Crippen LogP contribution in [0.2, 0.25) is 0 Å². The van der Waals surface area contributed by atoms with Crippen LogP contribution in [-0.2, 0) is 9.59 Å². The second-order valence-corrected chi connectivity index (χ2v) is 5.57. The molecule has 0 heterocycles. The summed E-state index contributed by atoms with van der Waals surface area (Å²) in [6.07, 6.45) is 0. The first-order valence-corrected chi connectivity index (χ1v) is 7.94. The van der Waals surface area contributed by atoms with Crippen LogP contribution in [0.1, 0.15) is 13.8 Å². The third-order valence-corrected chi connectivity index (χ3v) is 3.32. The van der Waals surface area contributed by atoms with Crippen LogP contribution < -0.4 is 19.9 Å². The van der Waals surface area contributed by atoms with Crippen molar-refractivity contribution < 1.29 is 28.7 Å². The summed E-state index contributed by atoms with van der Waals surface area (Å²) in [6.45, 7) is 2.43. The Bertz CT molecular complexity index is 904. The minimum absolute atomic E-state index is 0.0000433. The maximum Gasteiger partial charge on any atom is 0.658 e. The fourth-order valence-electron chi connectivity index (χ4n) is 2.20. The van der Waals surface area contributed by atoms with Gasteiger partial charge in [-0.25, -0.2) is 0 Å². The quantitative estimate of drug-likeness (QED) is 0.387. The minimum atomic E-state index is -0.691. The van der Waals surface area contributed by atoms with Crippen molar-refractivity contribution in [3.8, 4) is 11.5 Å². The summed E-state index contributed by atoms with van der Waals surface area (Å²) in [5.41, 5.74) is -0.775. The Morgan fingerprint density at radius 2 is 1.21 bits per heavy atom. The molecule has 0 spiro atoms. The van der Waals surface area contributed by atoms with Crippen molar-refractivity contribution in [2.75, 3.05) is 10.6 Å². The van der Waals surface area contributed by atoms with Crippen molar-refractivity contribution >= 4 is 42.2 Å². The van der Waals surface area contributed by atoms with E-state index in [-0.39, 0.29) is 34.2 Å². The molecule has 149 valence electrons. The molecule has 2 N–H and O–H groups in total. The lowest BCUT2D eigenvalue weighted by Crippen LogP contribution is -2.13. The molecule has 2 rings (SSSR count). The van der Waals surface area contributed by atoms with E-state index in [1.807, 2.05) is 0 Å². The number of benzene rings is 2. The number of nitro groups is 2. The number of carbonyl (C=O) groups excluding carboxylic acids is 2. The average molecular weight is 401 g/mol. The Morgan fingerprint density at radius 1 is 0.828 bits per heavy atom. The fourth-order valence-corrected chi connectivity index (χ4v) is 2.20. The molecule has 0 saturated heterocycles. The number of amides is 2. The largest absolute Gasteiger partial charge is 0.658 e. The van der Waals surface area contributed by atoms with Crippen LogP contribution in [0.15, 0.2) is 36.4 Å². The molecular weight excluding hydrogens is 387 g/mol. The van der Waals surface area contributed by atoms with Gasteiger partial charge >= 0.3 is 7.69 Å². The smallest absolute Gasteiger partial charge is 0.526 e. The number of hydrogen-bond acceptors (Lipinski definition) is 8. The number of nitrogens with one attached hydrogen (secondary N) is 2. The Morgan fingerprint density at radius 3 is 1.52 bits per heavy atom. The van der Waals surface area contributed by atoms with Gasteiger partial charge in [0, 0.05) is 13.8 Å². The van der Waals surface area contributed by atoms with Crippen LogP contribution in [0.4, 0.5) is 22.7 Å². The van der Waals surface area contributed by atoms with Gasteiger partial charge in [0.15, 0.2) is 0 Å². The zero-order chi connectivity index (χ0) is 21.6. The van der Waals surface area contributed by atoms with E-state index in [1.165, 1.54) is 38.1 Å². The maximum absolute atomic E-state index is 11.1. The van der Waals surface area contributed by atoms with E-state index in [9.17, 15) is 29.8 Å². The molecule has 0 fully saturated rings. The summed E-state index contributed by atoms with van der Waals surface area (Å²) in [6, 6.07) is 7.45. The van der Waals surface area contributed by atoms with Crippen molar-refractivity contribution in [3.63, 3.8) is 0 Å². The van der Waals surface area contributed by atoms with E-state index in [1.54, 1.807) is 0 Å². The molecular formula is C16H14BN4O8. The Balaban J connectivity index is 2.09. The highest BCUT2D eigenvalue weighted by atomic mass is 16.6. The third-order valence-electron chi connectivity index (χ3n) is 3.32. The number of nitrogens with zero attached hydrogens (tertiary/aromatic N) is 2. The molecule has 0 aliphatic rings. The fraction of sp³-hybridized carbons (Fsp3) is 0.125. The number of rotatable bonds is 8. The lowest BCUT2D eigenvalue weighted by atomic mass is 10.2. The second kappa shape index (κ2) is 9.17. The van der Waals surface area contributed by atoms with Crippen LogP contribution >= 0.6 is 0 Å². The van der Waals surface area contributed by atoms with Crippen molar-refractivity contribution in [2.45, 2.75) is 13.8 Å². The summed E-state index contributed by atoms with van der Waals surface area (Å²) in [7, 11) is 0.828. The van der Waals surface area contributed by atoms with E-state index in [0.29, 0.717) is 0 Å². The van der Waals surface area contributed by atoms with Crippen molar-refractivity contribution in [2.24, 2.45) is 0 Å². The SMILES string of the molecule is CC(=O)Nc1ccc(O[B]Oc2ccc(NC(C)=O)c([N+](=O)[O-])c2)cc1[N+](=O)[O-]. The van der Waals surface area contributed by atoms with E-state index < -0.39 is 21.7 Å². The van der Waals surface area contributed by atoms with Gasteiger partial charge in [0.05, 0.1) is 22.0 Å². The topological polar surface area (TPSA) is 163 Å². The van der Waals surface area contributed by atoms with E-state index >= 15 is 0 Å². The van der Waals surface area contributed by atoms with E-state index in [2.05, 4.69) is 10.6 Å². The van der Waals surface area contributed by atoms with Crippen molar-refractivity contribution in [1.82, 2.24) is 0 Å². The molecule has 0 atom stereocenters. The minimum Gasteiger partial charge on any atom is -0.526 e. The van der Waals surface area contributed by atoms with Gasteiger partial charge in [-0.3, -0.25) is 29.8 Å². The molecule has 2 aromatic rings. The highest BCUT2D eigenvalue weighted by Gasteiger charge is 2.18. The van der Waals surface area contributed by atoms with Gasteiger partial charge in [0.1, 0.15) is 22.9 Å². The van der Waals surface area contributed by atoms with Gasteiger partial charge in [-0.1, -0.05) is 0 Å². The first-order valence-electron chi connectivity index (χ1n) is 7.94. The first kappa shape index (κ1) is 21.1. The zero-order valence-corrected chi connectivity index (χ0v) is 15.2. The van der Waals surface area contributed by atoms with Gasteiger partial charge < -0.3 is 19.9 Å². The molecule has 2 amide bonds. The molecule has 0 bridgehead atoms. The highest BCUT2D eigenvalue weighted by Crippen LogP contribution is 2.30. The lowest BCUT2D eigenvalue weighted by molar-refractivity contribution is -0.384. The second-order valence-electron chi connectivity index (χ2n) is 5.57. The van der Waals surface area contributed by atoms with Crippen molar-refractivity contribution in [1.29, 1.82) is 0 Å². The zero-order valence-electron chi connectivity index (χ0n) is 15.2. The molecule has 12 nitrogen and oxygen atoms in total. The number of nitro benzene ring substituents is 2. The molecule has 0 aliphatic carbocycles. The van der Waals surface area contributed by atoms with Crippen LogP contribution in [0.3, 0.4) is 0 Å². The van der Waals surface area contributed by atoms with Crippen LogP contribution in [0, 0.1) is 20.2 Å². The van der Waals surface area contributed by atoms with Crippen LogP contribution in [-0.4, -0.2) is 29.3 Å². The Kier molecular flexibility index (Phi) is 6.69. The lowest BCUT2D eigenvalue weighted by Gasteiger charge is -2.09. The normalized spacial score (nSPS) is 9.86. The molecule has 0 unspecified atom stereocenters. The number of hydrogen-bond donors (Lipinski definition) is 2. The predicted octanol–water partition coefficient (Wildman–Crippen LogP) is 2.41. The molecule has 0 aromatic heterocycles. The highest BCUT2D eigenvalue weighted by molar-refractivity contribution is 6.20. The maximum atomic E-state index is 11.1. The summed E-state index contributed by atoms with van der Waals surface area (Å²) < 4.78 is 10.3. The van der Waals surface area contributed by atoms with E-state index in [4.69, 9.17) is 9.31 Å². The van der Waals surface area contributed by atoms with Gasteiger partial charge in [-0.05, 0) is 24.3 Å². The molecule has 1 radical (unpaired) electrons. The first-order chi connectivity index (χ1) is 13.7. The molecule has 0 aliphatic heterocycles. The van der Waals surface area contributed by atoms with Gasteiger partial charge in [0.25, 0.3) is 11.4 Å². The Labute approximate surface area is 164 Å². The molecule has 29 heavy (non-hydrogen) atoms. The summed E-state index contributed by atoms with van der Waals surface area (Å²) in [5.74, 6) is -0.868. The van der Waals surface area contributed by atoms with Gasteiger partial charge in [-0.15, -0.1) is 0 Å². The third kappa shape index (κ3) is 5.92.